The van der Waals surface area contributed by atoms with Crippen LogP contribution in [-0.2, 0) is 4.79 Å². The van der Waals surface area contributed by atoms with Crippen LogP contribution in [0.5, 0.6) is 0 Å². The molecule has 0 radical (unpaired) electrons. The van der Waals surface area contributed by atoms with Gasteiger partial charge in [0, 0.05) is 5.56 Å². The van der Waals surface area contributed by atoms with Gasteiger partial charge in [-0.3, -0.25) is 9.59 Å². The molecule has 0 aliphatic carbocycles. The Morgan fingerprint density at radius 1 is 1.25 bits per heavy atom. The number of nitrogens with zero attached hydrogens (tertiary/aromatic N) is 2. The first kappa shape index (κ1) is 19.4. The highest BCUT2D eigenvalue weighted by Crippen LogP contribution is 2.38. The maximum absolute atomic E-state index is 13.4. The third-order valence-electron chi connectivity index (χ3n) is 5.33. The maximum Gasteiger partial charge on any atom is 0.254 e. The molecule has 0 bridgehead atoms. The number of hydrogen-bond acceptors (Lipinski definition) is 4. The van der Waals surface area contributed by atoms with Crippen molar-refractivity contribution in [2.24, 2.45) is 0 Å². The average molecular weight is 421 g/mol. The molecule has 4 rings (SSSR count). The number of hydrogen-bond donors (Lipinski definition) is 1. The number of carbonyl (C=O) groups excluding carboxylic acids is 2. The number of benzene rings is 1. The topological polar surface area (TPSA) is 45.1 Å². The molecule has 2 fully saturated rings. The number of nitrogens with one attached hydrogen (secondary N) is 1. The minimum Gasteiger partial charge on any atom is -0.331 e. The van der Waals surface area contributed by atoms with Crippen molar-refractivity contribution in [3.05, 3.63) is 58.0 Å². The number of quaternary nitrogens is 1. The lowest BCUT2D eigenvalue weighted by atomic mass is 10.1. The molecule has 0 saturated carbocycles. The molecular formula is C20H23FN3O2S2+. The summed E-state index contributed by atoms with van der Waals surface area (Å²) in [6.45, 7) is 4.62. The lowest BCUT2D eigenvalue weighted by molar-refractivity contribution is -0.903. The lowest BCUT2D eigenvalue weighted by Gasteiger charge is -2.33. The lowest BCUT2D eigenvalue weighted by Crippen LogP contribution is -3.15. The number of carbonyl (C=O) groups is 2. The largest absolute Gasteiger partial charge is 0.331 e. The van der Waals surface area contributed by atoms with E-state index in [2.05, 4.69) is 16.8 Å². The Morgan fingerprint density at radius 3 is 2.79 bits per heavy atom. The fourth-order valence-corrected chi connectivity index (χ4v) is 5.72. The quantitative estimate of drug-likeness (QED) is 0.798. The van der Waals surface area contributed by atoms with E-state index in [1.54, 1.807) is 40.1 Å². The second-order valence-corrected chi connectivity index (χ2v) is 8.96. The molecule has 28 heavy (non-hydrogen) atoms. The zero-order chi connectivity index (χ0) is 19.5. The Balaban J connectivity index is 1.29. The van der Waals surface area contributed by atoms with Gasteiger partial charge in [-0.2, -0.15) is 11.3 Å². The van der Waals surface area contributed by atoms with E-state index in [1.165, 1.54) is 22.6 Å². The molecule has 1 N–H and O–H groups in total. The summed E-state index contributed by atoms with van der Waals surface area (Å²) < 4.78 is 13.4. The van der Waals surface area contributed by atoms with Gasteiger partial charge in [0.2, 0.25) is 5.91 Å². The van der Waals surface area contributed by atoms with E-state index in [9.17, 15) is 14.0 Å². The van der Waals surface area contributed by atoms with Crippen LogP contribution >= 0.6 is 23.1 Å². The predicted octanol–water partition coefficient (Wildman–Crippen LogP) is 1.50. The monoisotopic (exact) mass is 420 g/mol. The van der Waals surface area contributed by atoms with Crippen molar-refractivity contribution < 1.29 is 18.9 Å². The summed E-state index contributed by atoms with van der Waals surface area (Å²) in [4.78, 5) is 30.0. The first-order valence-electron chi connectivity index (χ1n) is 9.43. The SMILES string of the molecule is O=C(c1cccc(F)c1)N1CC[NH+](CCN2C(=O)CS[C@H]2c2ccsc2)CC1. The van der Waals surface area contributed by atoms with E-state index in [0.29, 0.717) is 24.4 Å². The Morgan fingerprint density at radius 2 is 2.07 bits per heavy atom. The Kier molecular flexibility index (Phi) is 5.99. The third-order valence-corrected chi connectivity index (χ3v) is 7.29. The molecule has 2 aliphatic heterocycles. The molecular weight excluding hydrogens is 397 g/mol. The van der Waals surface area contributed by atoms with Gasteiger partial charge in [0.1, 0.15) is 11.2 Å². The molecule has 0 unspecified atom stereocenters. The second-order valence-electron chi connectivity index (χ2n) is 7.11. The summed E-state index contributed by atoms with van der Waals surface area (Å²) in [5.74, 6) is 0.261. The Hall–Kier alpha value is -1.90. The summed E-state index contributed by atoms with van der Waals surface area (Å²) in [7, 11) is 0. The third kappa shape index (κ3) is 4.24. The van der Waals surface area contributed by atoms with Crippen molar-refractivity contribution in [3.63, 3.8) is 0 Å². The molecule has 0 spiro atoms. The fourth-order valence-electron chi connectivity index (χ4n) is 3.75. The van der Waals surface area contributed by atoms with Crippen LogP contribution in [0, 0.1) is 5.82 Å². The number of halogens is 1. The molecule has 2 aliphatic rings. The highest BCUT2D eigenvalue weighted by molar-refractivity contribution is 8.00. The zero-order valence-corrected chi connectivity index (χ0v) is 17.1. The van der Waals surface area contributed by atoms with Gasteiger partial charge in [0.15, 0.2) is 0 Å². The molecule has 2 aromatic rings. The van der Waals surface area contributed by atoms with Crippen LogP contribution < -0.4 is 4.90 Å². The molecule has 3 heterocycles. The molecule has 8 heteroatoms. The van der Waals surface area contributed by atoms with Crippen LogP contribution in [0.4, 0.5) is 4.39 Å². The molecule has 5 nitrogen and oxygen atoms in total. The van der Waals surface area contributed by atoms with Crippen LogP contribution in [-0.4, -0.2) is 66.6 Å². The van der Waals surface area contributed by atoms with Crippen molar-refractivity contribution in [1.82, 2.24) is 9.80 Å². The van der Waals surface area contributed by atoms with Crippen molar-refractivity contribution in [3.8, 4) is 0 Å². The predicted molar refractivity (Wildman–Crippen MR) is 109 cm³/mol. The number of amides is 2. The summed E-state index contributed by atoms with van der Waals surface area (Å²) >= 11 is 3.36. The Bertz CT molecular complexity index is 838. The first-order chi connectivity index (χ1) is 13.6. The van der Waals surface area contributed by atoms with Gasteiger partial charge in [-0.25, -0.2) is 4.39 Å². The molecule has 148 valence electrons. The van der Waals surface area contributed by atoms with Crippen LogP contribution in [0.25, 0.3) is 0 Å². The van der Waals surface area contributed by atoms with Crippen molar-refractivity contribution in [1.29, 1.82) is 0 Å². The standard InChI is InChI=1S/C20H22FN3O2S2/c21-17-3-1-2-15(12-17)19(26)23-8-5-22(6-9-23)7-10-24-18(25)14-28-20(24)16-4-11-27-13-16/h1-4,11-13,20H,5-10,14H2/p+1/t20-/m0/s1. The van der Waals surface area contributed by atoms with E-state index < -0.39 is 0 Å². The number of thioether (sulfide) groups is 1. The number of rotatable bonds is 5. The minimum atomic E-state index is -0.386. The van der Waals surface area contributed by atoms with Gasteiger partial charge in [-0.05, 0) is 40.6 Å². The second kappa shape index (κ2) is 8.63. The average Bonchev–Trinajstić information content (AvgIpc) is 3.36. The molecule has 2 saturated heterocycles. The smallest absolute Gasteiger partial charge is 0.254 e. The van der Waals surface area contributed by atoms with Crippen molar-refractivity contribution in [2.45, 2.75) is 5.37 Å². The number of piperazine rings is 1. The van der Waals surface area contributed by atoms with E-state index in [-0.39, 0.29) is 23.0 Å². The normalized spacial score (nSPS) is 20.8. The van der Waals surface area contributed by atoms with Gasteiger partial charge < -0.3 is 14.7 Å². The summed E-state index contributed by atoms with van der Waals surface area (Å²) in [6, 6.07) is 7.96. The first-order valence-corrected chi connectivity index (χ1v) is 11.4. The van der Waals surface area contributed by atoms with E-state index >= 15 is 0 Å². The van der Waals surface area contributed by atoms with Crippen LogP contribution in [0.15, 0.2) is 41.1 Å². The number of thiophene rings is 1. The summed E-state index contributed by atoms with van der Waals surface area (Å²) in [5, 5.41) is 4.30. The maximum atomic E-state index is 13.4. The van der Waals surface area contributed by atoms with Gasteiger partial charge >= 0.3 is 0 Å². The molecule has 2 amide bonds. The van der Waals surface area contributed by atoms with Crippen molar-refractivity contribution >= 4 is 34.9 Å². The van der Waals surface area contributed by atoms with Crippen LogP contribution in [0.1, 0.15) is 21.3 Å². The molecule has 1 atom stereocenters. The van der Waals surface area contributed by atoms with Gasteiger partial charge in [0.05, 0.1) is 45.0 Å². The molecule has 1 aromatic carbocycles. The van der Waals surface area contributed by atoms with Gasteiger partial charge in [0.25, 0.3) is 5.91 Å². The summed E-state index contributed by atoms with van der Waals surface area (Å²) in [5.41, 5.74) is 1.61. The van der Waals surface area contributed by atoms with Gasteiger partial charge in [-0.1, -0.05) is 6.07 Å². The van der Waals surface area contributed by atoms with Crippen LogP contribution in [0.2, 0.25) is 0 Å². The van der Waals surface area contributed by atoms with Crippen molar-refractivity contribution in [2.75, 3.05) is 45.0 Å². The van der Waals surface area contributed by atoms with E-state index in [1.807, 2.05) is 4.90 Å². The zero-order valence-electron chi connectivity index (χ0n) is 15.5. The minimum absolute atomic E-state index is 0.109. The highest BCUT2D eigenvalue weighted by atomic mass is 32.2. The van der Waals surface area contributed by atoms with Crippen LogP contribution in [0.3, 0.4) is 0 Å². The molecule has 1 aromatic heterocycles. The Labute approximate surface area is 172 Å². The summed E-state index contributed by atoms with van der Waals surface area (Å²) in [6.07, 6.45) is 0. The fraction of sp³-hybridized carbons (Fsp3) is 0.400. The highest BCUT2D eigenvalue weighted by Gasteiger charge is 2.34. The van der Waals surface area contributed by atoms with Gasteiger partial charge in [-0.15, -0.1) is 11.8 Å². The van der Waals surface area contributed by atoms with E-state index in [4.69, 9.17) is 0 Å². The van der Waals surface area contributed by atoms with E-state index in [0.717, 1.165) is 26.2 Å².